The lowest BCUT2D eigenvalue weighted by atomic mass is 9.86. The molecular weight excluding hydrogens is 965 g/mol. The van der Waals surface area contributed by atoms with Gasteiger partial charge in [-0.15, -0.1) is 0 Å². The maximum absolute atomic E-state index is 6.07. The summed E-state index contributed by atoms with van der Waals surface area (Å²) in [5.74, 6) is 0.688. The lowest BCUT2D eigenvalue weighted by Gasteiger charge is -2.21. The second-order valence-corrected chi connectivity index (χ2v) is 21.3. The van der Waals surface area contributed by atoms with Crippen molar-refractivity contribution in [3.05, 3.63) is 296 Å². The van der Waals surface area contributed by atoms with Crippen molar-refractivity contribution in [2.24, 2.45) is 9.98 Å². The molecule has 0 fully saturated rings. The highest BCUT2D eigenvalue weighted by molar-refractivity contribution is 6.30. The summed E-state index contributed by atoms with van der Waals surface area (Å²) in [5, 5.41) is 21.6. The van der Waals surface area contributed by atoms with Crippen molar-refractivity contribution in [1.29, 1.82) is 0 Å². The first kappa shape index (κ1) is 45.9. The van der Waals surface area contributed by atoms with Crippen LogP contribution in [0.3, 0.4) is 0 Å². The highest BCUT2D eigenvalue weighted by Crippen LogP contribution is 2.46. The van der Waals surface area contributed by atoms with Gasteiger partial charge in [0.2, 0.25) is 0 Å². The van der Waals surface area contributed by atoms with Gasteiger partial charge in [-0.25, -0.2) is 9.98 Å². The van der Waals surface area contributed by atoms with E-state index in [1.165, 1.54) is 120 Å². The topological polar surface area (TPSA) is 24.7 Å². The van der Waals surface area contributed by atoms with Gasteiger partial charge in [0, 0.05) is 16.7 Å². The summed E-state index contributed by atoms with van der Waals surface area (Å²) in [6.45, 7) is 0. The summed E-state index contributed by atoms with van der Waals surface area (Å²) in [6, 6.07) is 100. The van der Waals surface area contributed by atoms with E-state index < -0.39 is 0 Å². The molecule has 0 aromatic heterocycles. The number of nitrogens with zero attached hydrogens (tertiary/aromatic N) is 2. The van der Waals surface area contributed by atoms with Gasteiger partial charge in [0.1, 0.15) is 0 Å². The maximum Gasteiger partial charge on any atom is 0.160 e. The summed E-state index contributed by atoms with van der Waals surface area (Å²) in [4.78, 5) is 12.1. The van der Waals surface area contributed by atoms with E-state index in [0.717, 1.165) is 45.3 Å². The predicted octanol–water partition coefficient (Wildman–Crippen LogP) is 21.1. The molecule has 2 heteroatoms. The van der Waals surface area contributed by atoms with Crippen LogP contribution in [0.5, 0.6) is 0 Å². The van der Waals surface area contributed by atoms with Crippen molar-refractivity contribution in [3.8, 4) is 33.4 Å². The first-order valence-electron chi connectivity index (χ1n) is 27.9. The van der Waals surface area contributed by atoms with E-state index in [1.807, 2.05) is 0 Å². The zero-order chi connectivity index (χ0) is 52.7. The predicted molar refractivity (Wildman–Crippen MR) is 343 cm³/mol. The van der Waals surface area contributed by atoms with E-state index in [0.29, 0.717) is 12.3 Å². The van der Waals surface area contributed by atoms with Gasteiger partial charge in [0.15, 0.2) is 5.84 Å². The van der Waals surface area contributed by atoms with Gasteiger partial charge in [-0.2, -0.15) is 0 Å². The van der Waals surface area contributed by atoms with Gasteiger partial charge in [-0.1, -0.05) is 243 Å². The Kier molecular flexibility index (Phi) is 10.7. The summed E-state index contributed by atoms with van der Waals surface area (Å²) in [5.41, 5.74) is 12.4. The zero-order valence-electron chi connectivity index (χ0n) is 43.9. The lowest BCUT2D eigenvalue weighted by Crippen LogP contribution is -2.11. The van der Waals surface area contributed by atoms with Crippen LogP contribution in [0.25, 0.3) is 136 Å². The molecule has 0 aliphatic carbocycles. The summed E-state index contributed by atoms with van der Waals surface area (Å²) in [7, 11) is 0. The largest absolute Gasteiger partial charge is 0.232 e. The van der Waals surface area contributed by atoms with Crippen LogP contribution in [0.4, 0.5) is 0 Å². The van der Waals surface area contributed by atoms with Crippen LogP contribution in [0.2, 0.25) is 0 Å². The number of fused-ring (bicyclic) bond motifs is 12. The third-order valence-electron chi connectivity index (χ3n) is 16.9. The van der Waals surface area contributed by atoms with Crippen LogP contribution >= 0.6 is 0 Å². The van der Waals surface area contributed by atoms with Gasteiger partial charge in [-0.3, -0.25) is 0 Å². The van der Waals surface area contributed by atoms with E-state index in [1.54, 1.807) is 0 Å². The Balaban J connectivity index is 1.02. The third-order valence-corrected chi connectivity index (χ3v) is 16.9. The minimum atomic E-state index is 0.688. The Morgan fingerprint density at radius 3 is 0.988 bits per heavy atom. The van der Waals surface area contributed by atoms with Crippen molar-refractivity contribution in [3.63, 3.8) is 0 Å². The average molecular weight is 1020 g/mol. The highest BCUT2D eigenvalue weighted by Gasteiger charge is 2.24. The molecule has 0 N–H and O–H groups in total. The van der Waals surface area contributed by atoms with Crippen molar-refractivity contribution >= 4 is 114 Å². The number of rotatable bonds is 6. The smallest absolute Gasteiger partial charge is 0.160 e. The van der Waals surface area contributed by atoms with Gasteiger partial charge >= 0.3 is 0 Å². The molecule has 0 amide bonds. The van der Waals surface area contributed by atoms with Crippen LogP contribution in [-0.2, 0) is 0 Å². The first-order valence-corrected chi connectivity index (χ1v) is 27.9. The molecule has 15 aromatic carbocycles. The molecule has 2 nitrogen and oxygen atoms in total. The van der Waals surface area contributed by atoms with E-state index >= 15 is 0 Å². The van der Waals surface area contributed by atoms with Crippen LogP contribution in [0.15, 0.2) is 289 Å². The molecule has 0 unspecified atom stereocenters. The Labute approximate surface area is 463 Å². The Morgan fingerprint density at radius 1 is 0.237 bits per heavy atom. The second kappa shape index (κ2) is 18.7. The average Bonchev–Trinajstić information content (AvgIpc) is 3.55. The molecule has 372 valence electrons. The summed E-state index contributed by atoms with van der Waals surface area (Å²) < 4.78 is 0. The molecule has 15 aromatic rings. The van der Waals surface area contributed by atoms with Gasteiger partial charge < -0.3 is 0 Å². The highest BCUT2D eigenvalue weighted by atomic mass is 14.9. The van der Waals surface area contributed by atoms with Gasteiger partial charge in [-0.05, 0) is 180 Å². The van der Waals surface area contributed by atoms with Crippen LogP contribution in [0.1, 0.15) is 29.5 Å². The van der Waals surface area contributed by atoms with Gasteiger partial charge in [0.05, 0.1) is 11.4 Å². The second-order valence-electron chi connectivity index (χ2n) is 21.3. The quantitative estimate of drug-likeness (QED) is 0.117. The molecular formula is C78H50N2. The Hall–Kier alpha value is -10.3. The van der Waals surface area contributed by atoms with Crippen LogP contribution < -0.4 is 0 Å². The molecule has 0 saturated heterocycles. The normalized spacial score (nSPS) is 13.1. The molecule has 0 atom stereocenters. The van der Waals surface area contributed by atoms with E-state index in [9.17, 15) is 0 Å². The fraction of sp³-hybridized carbons (Fsp3) is 0.0256. The van der Waals surface area contributed by atoms with Crippen molar-refractivity contribution in [1.82, 2.24) is 0 Å². The molecule has 0 saturated carbocycles. The van der Waals surface area contributed by atoms with Gasteiger partial charge in [0.25, 0.3) is 0 Å². The molecule has 0 radical (unpaired) electrons. The van der Waals surface area contributed by atoms with E-state index in [2.05, 4.69) is 279 Å². The number of aliphatic imine (C=N–C) groups is 2. The Morgan fingerprint density at radius 2 is 0.562 bits per heavy atom. The standard InChI is InChI=1S/C78H50N2/c1-4-23-49(24-5-1)75-55-32-13-10-29-52(55)43-64-58-35-16-19-38-61(58)67(46-69(64)75)73-41-22-42-74(68-47-70-65(59-36-17-20-39-62(59)68)44-53-30-11-14-33-56(53)76(70)50-25-6-2-7-26-50)80-78(79-73)72-48-71-66(60-37-18-21-40-63(60)72)45-54-31-12-15-34-57(54)77(71)51-27-8-3-9-28-51/h1-21,23-41,43-48H,22,42H2. The molecule has 1 aliphatic heterocycles. The number of allylic oxidation sites excluding steroid dienone is 1. The number of benzene rings is 15. The minimum Gasteiger partial charge on any atom is -0.232 e. The molecule has 80 heavy (non-hydrogen) atoms. The summed E-state index contributed by atoms with van der Waals surface area (Å²) in [6.07, 6.45) is 3.83. The lowest BCUT2D eigenvalue weighted by molar-refractivity contribution is 1.09. The minimum absolute atomic E-state index is 0.688. The van der Waals surface area contributed by atoms with E-state index in [4.69, 9.17) is 9.98 Å². The maximum atomic E-state index is 6.07. The van der Waals surface area contributed by atoms with Crippen molar-refractivity contribution in [2.45, 2.75) is 12.8 Å². The van der Waals surface area contributed by atoms with Crippen LogP contribution in [0, 0.1) is 0 Å². The van der Waals surface area contributed by atoms with Crippen molar-refractivity contribution < 1.29 is 0 Å². The number of amidine groups is 1. The molecule has 0 bridgehead atoms. The number of hydrogen-bond donors (Lipinski definition) is 0. The third kappa shape index (κ3) is 7.41. The molecule has 1 aliphatic rings. The van der Waals surface area contributed by atoms with Crippen LogP contribution in [-0.4, -0.2) is 11.5 Å². The molecule has 0 spiro atoms. The fourth-order valence-electron chi connectivity index (χ4n) is 13.3. The number of hydrogen-bond acceptors (Lipinski definition) is 2. The SMILES string of the molecule is C1=C(c2cc3c(-c4ccccc4)c4ccccc4cc3c3ccccc23)N=C(c2cc3c(-c4ccccc4)c4ccccc4cc3c3ccccc23)N=C(c2cc3c(-c4ccccc4)c4ccccc4cc3c3ccccc23)CC1. The first-order chi connectivity index (χ1) is 39.7. The monoisotopic (exact) mass is 1010 g/mol. The summed E-state index contributed by atoms with van der Waals surface area (Å²) >= 11 is 0. The molecule has 16 rings (SSSR count). The molecule has 1 heterocycles. The fourth-order valence-corrected chi connectivity index (χ4v) is 13.3. The van der Waals surface area contributed by atoms with Crippen molar-refractivity contribution in [2.75, 3.05) is 0 Å². The van der Waals surface area contributed by atoms with E-state index in [-0.39, 0.29) is 0 Å². The Bertz CT molecular complexity index is 5150. The zero-order valence-corrected chi connectivity index (χ0v) is 43.9.